The molecule has 1 rings (SSSR count). The number of aliphatic hydroxyl groups excluding tert-OH is 1. The van der Waals surface area contributed by atoms with E-state index in [0.717, 1.165) is 6.07 Å². The van der Waals surface area contributed by atoms with Crippen molar-refractivity contribution >= 4 is 15.9 Å². The van der Waals surface area contributed by atoms with E-state index in [-0.39, 0.29) is 10.2 Å². The van der Waals surface area contributed by atoms with Crippen molar-refractivity contribution in [3.63, 3.8) is 0 Å². The van der Waals surface area contributed by atoms with Crippen molar-refractivity contribution in [2.75, 3.05) is 0 Å². The van der Waals surface area contributed by atoms with Crippen LogP contribution < -0.4 is 5.56 Å². The number of halogens is 3. The van der Waals surface area contributed by atoms with E-state index in [4.69, 9.17) is 5.11 Å². The fourth-order valence-corrected chi connectivity index (χ4v) is 1.40. The second-order valence-electron chi connectivity index (χ2n) is 2.34. The molecule has 2 N–H and O–H groups in total. The van der Waals surface area contributed by atoms with Gasteiger partial charge in [0.1, 0.15) is 0 Å². The van der Waals surface area contributed by atoms with Gasteiger partial charge in [0.15, 0.2) is 0 Å². The highest BCUT2D eigenvalue weighted by molar-refractivity contribution is 9.10. The van der Waals surface area contributed by atoms with Crippen molar-refractivity contribution in [3.05, 3.63) is 32.2 Å². The van der Waals surface area contributed by atoms with Crippen LogP contribution >= 0.6 is 15.9 Å². The van der Waals surface area contributed by atoms with Crippen molar-refractivity contribution in [1.82, 2.24) is 4.98 Å². The van der Waals surface area contributed by atoms with Crippen LogP contribution in [-0.4, -0.2) is 10.1 Å². The van der Waals surface area contributed by atoms with E-state index in [9.17, 15) is 13.6 Å². The highest BCUT2D eigenvalue weighted by atomic mass is 79.9. The summed E-state index contributed by atoms with van der Waals surface area (Å²) in [5, 5.41) is 8.70. The summed E-state index contributed by atoms with van der Waals surface area (Å²) in [6, 6.07) is 0.800. The number of alkyl halides is 2. The van der Waals surface area contributed by atoms with Crippen LogP contribution in [0.25, 0.3) is 0 Å². The van der Waals surface area contributed by atoms with Gasteiger partial charge in [-0.3, -0.25) is 4.79 Å². The zero-order chi connectivity index (χ0) is 10.0. The van der Waals surface area contributed by atoms with Crippen LogP contribution in [0.3, 0.4) is 0 Å². The standard InChI is InChI=1S/C7H6BrF2NO2/c8-6-3(7(9)10)1-5(13)11-4(6)2-12/h1,7,12H,2H2,(H,11,13). The highest BCUT2D eigenvalue weighted by Crippen LogP contribution is 2.27. The molecule has 0 atom stereocenters. The Hall–Kier alpha value is -0.750. The van der Waals surface area contributed by atoms with Crippen molar-refractivity contribution in [3.8, 4) is 0 Å². The van der Waals surface area contributed by atoms with Gasteiger partial charge in [0.2, 0.25) is 5.56 Å². The van der Waals surface area contributed by atoms with Crippen LogP contribution in [0.4, 0.5) is 8.78 Å². The molecule has 13 heavy (non-hydrogen) atoms. The van der Waals surface area contributed by atoms with Crippen molar-refractivity contribution < 1.29 is 13.9 Å². The molecule has 0 aromatic carbocycles. The summed E-state index contributed by atoms with van der Waals surface area (Å²) in [4.78, 5) is 13.0. The van der Waals surface area contributed by atoms with Crippen LogP contribution in [0.2, 0.25) is 0 Å². The molecule has 0 unspecified atom stereocenters. The van der Waals surface area contributed by atoms with E-state index < -0.39 is 24.2 Å². The number of aromatic amines is 1. The lowest BCUT2D eigenvalue weighted by Gasteiger charge is -2.05. The predicted octanol–water partition coefficient (Wildman–Crippen LogP) is 1.57. The fraction of sp³-hybridized carbons (Fsp3) is 0.286. The Morgan fingerprint density at radius 3 is 2.69 bits per heavy atom. The number of rotatable bonds is 2. The number of pyridine rings is 1. The van der Waals surface area contributed by atoms with Gasteiger partial charge in [-0.25, -0.2) is 8.78 Å². The number of nitrogens with one attached hydrogen (secondary N) is 1. The third-order valence-electron chi connectivity index (χ3n) is 1.47. The molecule has 6 heteroatoms. The summed E-state index contributed by atoms with van der Waals surface area (Å²) in [5.74, 6) is 0. The van der Waals surface area contributed by atoms with Crippen molar-refractivity contribution in [2.24, 2.45) is 0 Å². The van der Waals surface area contributed by atoms with Gasteiger partial charge in [-0.2, -0.15) is 0 Å². The monoisotopic (exact) mass is 253 g/mol. The molecule has 1 aromatic rings. The molecule has 0 aliphatic rings. The predicted molar refractivity (Wildman–Crippen MR) is 45.6 cm³/mol. The minimum atomic E-state index is -2.73. The summed E-state index contributed by atoms with van der Waals surface area (Å²) in [6.45, 7) is -0.490. The Kier molecular flexibility index (Phi) is 3.16. The van der Waals surface area contributed by atoms with E-state index in [0.29, 0.717) is 0 Å². The Balaban J connectivity index is 3.36. The molecular weight excluding hydrogens is 248 g/mol. The number of hydrogen-bond acceptors (Lipinski definition) is 2. The zero-order valence-corrected chi connectivity index (χ0v) is 7.94. The normalized spacial score (nSPS) is 10.8. The molecule has 0 fully saturated rings. The SMILES string of the molecule is O=c1cc(C(F)F)c(Br)c(CO)[nH]1. The third-order valence-corrected chi connectivity index (χ3v) is 2.41. The van der Waals surface area contributed by atoms with Crippen LogP contribution in [0.1, 0.15) is 17.7 Å². The second kappa shape index (κ2) is 3.97. The van der Waals surface area contributed by atoms with Crippen LogP contribution in [0, 0.1) is 0 Å². The first kappa shape index (κ1) is 10.3. The Labute approximate surface area is 80.5 Å². The maximum Gasteiger partial charge on any atom is 0.265 e. The van der Waals surface area contributed by atoms with Gasteiger partial charge < -0.3 is 10.1 Å². The molecule has 0 aliphatic carbocycles. The molecule has 1 aromatic heterocycles. The van der Waals surface area contributed by atoms with Crippen molar-refractivity contribution in [1.29, 1.82) is 0 Å². The molecule has 72 valence electrons. The summed E-state index contributed by atoms with van der Waals surface area (Å²) < 4.78 is 24.6. The number of aliphatic hydroxyl groups is 1. The first-order valence-corrected chi connectivity index (χ1v) is 4.16. The van der Waals surface area contributed by atoms with Gasteiger partial charge in [0.25, 0.3) is 6.43 Å². The smallest absolute Gasteiger partial charge is 0.265 e. The molecule has 0 bridgehead atoms. The topological polar surface area (TPSA) is 53.1 Å². The lowest BCUT2D eigenvalue weighted by molar-refractivity contribution is 0.149. The summed E-state index contributed by atoms with van der Waals surface area (Å²) in [7, 11) is 0. The largest absolute Gasteiger partial charge is 0.390 e. The van der Waals surface area contributed by atoms with Gasteiger partial charge in [-0.1, -0.05) is 0 Å². The lowest BCUT2D eigenvalue weighted by atomic mass is 10.2. The molecule has 3 nitrogen and oxygen atoms in total. The summed E-state index contributed by atoms with van der Waals surface area (Å²) in [5.41, 5.74) is -1.00. The molecule has 0 radical (unpaired) electrons. The van der Waals surface area contributed by atoms with Gasteiger partial charge in [0, 0.05) is 16.1 Å². The average Bonchev–Trinajstić information content (AvgIpc) is 2.08. The van der Waals surface area contributed by atoms with E-state index in [1.54, 1.807) is 0 Å². The maximum absolute atomic E-state index is 12.3. The molecule has 1 heterocycles. The minimum Gasteiger partial charge on any atom is -0.390 e. The maximum atomic E-state index is 12.3. The molecule has 0 saturated carbocycles. The molecule has 0 spiro atoms. The quantitative estimate of drug-likeness (QED) is 0.841. The summed E-state index contributed by atoms with van der Waals surface area (Å²) in [6.07, 6.45) is -2.73. The van der Waals surface area contributed by atoms with E-state index in [1.165, 1.54) is 0 Å². The number of aromatic nitrogens is 1. The number of H-pyrrole nitrogens is 1. The molecule has 0 aliphatic heterocycles. The lowest BCUT2D eigenvalue weighted by Crippen LogP contribution is -2.11. The minimum absolute atomic E-state index is 0.0459. The first-order chi connectivity index (χ1) is 6.06. The van der Waals surface area contributed by atoms with Gasteiger partial charge in [-0.05, 0) is 15.9 Å². The van der Waals surface area contributed by atoms with E-state index >= 15 is 0 Å². The highest BCUT2D eigenvalue weighted by Gasteiger charge is 2.15. The second-order valence-corrected chi connectivity index (χ2v) is 3.13. The Morgan fingerprint density at radius 2 is 2.23 bits per heavy atom. The molecular formula is C7H6BrF2NO2. The van der Waals surface area contributed by atoms with E-state index in [2.05, 4.69) is 20.9 Å². The third kappa shape index (κ3) is 2.13. The Bertz CT molecular complexity index is 364. The Morgan fingerprint density at radius 1 is 1.62 bits per heavy atom. The van der Waals surface area contributed by atoms with Gasteiger partial charge in [0.05, 0.1) is 12.3 Å². The first-order valence-electron chi connectivity index (χ1n) is 3.37. The zero-order valence-electron chi connectivity index (χ0n) is 6.35. The van der Waals surface area contributed by atoms with Crippen LogP contribution in [0.15, 0.2) is 15.3 Å². The molecule has 0 amide bonds. The average molecular weight is 254 g/mol. The number of hydrogen-bond donors (Lipinski definition) is 2. The van der Waals surface area contributed by atoms with Crippen LogP contribution in [0.5, 0.6) is 0 Å². The van der Waals surface area contributed by atoms with Crippen LogP contribution in [-0.2, 0) is 6.61 Å². The van der Waals surface area contributed by atoms with E-state index in [1.807, 2.05) is 0 Å². The van der Waals surface area contributed by atoms with Crippen molar-refractivity contribution in [2.45, 2.75) is 13.0 Å². The summed E-state index contributed by atoms with van der Waals surface area (Å²) >= 11 is 2.87. The van der Waals surface area contributed by atoms with Gasteiger partial charge in [-0.15, -0.1) is 0 Å². The van der Waals surface area contributed by atoms with Gasteiger partial charge >= 0.3 is 0 Å². The molecule has 0 saturated heterocycles. The fourth-order valence-electron chi connectivity index (χ4n) is 0.886.